The molecule has 0 bridgehead atoms. The molecule has 0 unspecified atom stereocenters. The molecule has 0 radical (unpaired) electrons. The number of aliphatic hydroxyl groups is 2. The Morgan fingerprint density at radius 3 is 2.71 bits per heavy atom. The van der Waals surface area contributed by atoms with Crippen molar-refractivity contribution in [2.45, 2.75) is 37.3 Å². The van der Waals surface area contributed by atoms with Gasteiger partial charge in [-0.3, -0.25) is 13.7 Å². The van der Waals surface area contributed by atoms with Gasteiger partial charge >= 0.3 is 13.6 Å². The molecule has 4 rings (SSSR count). The first kappa shape index (κ1) is 24.6. The van der Waals surface area contributed by atoms with Gasteiger partial charge in [0.1, 0.15) is 24.6 Å². The van der Waals surface area contributed by atoms with Gasteiger partial charge in [-0.25, -0.2) is 14.8 Å². The summed E-state index contributed by atoms with van der Waals surface area (Å²) >= 11 is 6.07. The van der Waals surface area contributed by atoms with Gasteiger partial charge in [-0.05, 0) is 18.5 Å². The standard InChI is InChI=1S/C17H20ClN6O9P/c1-2-31-15(27)16(34(28,29)30)32-5-8-10(25)11(26)14(33-8)24-7-20-9-12(23-4-3-19-6-23)21-17(18)22-13(9)24/h3-4,6-8,10-11,14,16,25-26H,2,5H2,1H3,(H2,28,29,30)/t8-,10-,11-,14-,16-/m1/s1. The van der Waals surface area contributed by atoms with Gasteiger partial charge in [0.2, 0.25) is 5.28 Å². The van der Waals surface area contributed by atoms with Crippen LogP contribution in [0, 0.1) is 0 Å². The van der Waals surface area contributed by atoms with Gasteiger partial charge in [-0.1, -0.05) is 0 Å². The highest BCUT2D eigenvalue weighted by molar-refractivity contribution is 7.53. The van der Waals surface area contributed by atoms with E-state index in [1.807, 2.05) is 0 Å². The number of fused-ring (bicyclic) bond motifs is 1. The molecule has 4 heterocycles. The van der Waals surface area contributed by atoms with E-state index in [0.717, 1.165) is 0 Å². The first-order valence-electron chi connectivity index (χ1n) is 9.85. The zero-order chi connectivity index (χ0) is 24.6. The smallest absolute Gasteiger partial charge is 0.365 e. The van der Waals surface area contributed by atoms with E-state index in [4.69, 9.17) is 21.1 Å². The Balaban J connectivity index is 1.58. The molecule has 1 aliphatic heterocycles. The number of halogens is 1. The average Bonchev–Trinajstić information content (AvgIpc) is 3.49. The van der Waals surface area contributed by atoms with Crippen LogP contribution in [0.1, 0.15) is 13.2 Å². The van der Waals surface area contributed by atoms with Crippen molar-refractivity contribution in [3.8, 4) is 5.82 Å². The van der Waals surface area contributed by atoms with E-state index in [9.17, 15) is 29.4 Å². The van der Waals surface area contributed by atoms with Crippen molar-refractivity contribution in [1.29, 1.82) is 0 Å². The molecule has 4 N–H and O–H groups in total. The van der Waals surface area contributed by atoms with Crippen molar-refractivity contribution in [1.82, 2.24) is 29.1 Å². The number of rotatable bonds is 8. The van der Waals surface area contributed by atoms with Crippen LogP contribution in [-0.4, -0.2) is 92.4 Å². The number of carbonyl (C=O) groups excluding carboxylic acids is 1. The Morgan fingerprint density at radius 2 is 2.06 bits per heavy atom. The normalized spacial score (nSPS) is 23.9. The lowest BCUT2D eigenvalue weighted by Crippen LogP contribution is -2.36. The maximum Gasteiger partial charge on any atom is 0.365 e. The van der Waals surface area contributed by atoms with Crippen molar-refractivity contribution >= 4 is 36.3 Å². The van der Waals surface area contributed by atoms with Crippen LogP contribution in [0.3, 0.4) is 0 Å². The summed E-state index contributed by atoms with van der Waals surface area (Å²) < 4.78 is 29.9. The minimum atomic E-state index is -5.04. The number of hydrogen-bond acceptors (Lipinski definition) is 11. The third-order valence-electron chi connectivity index (χ3n) is 4.95. The van der Waals surface area contributed by atoms with E-state index in [2.05, 4.69) is 24.7 Å². The Hall–Kier alpha value is -2.49. The number of nitrogens with zero attached hydrogens (tertiary/aromatic N) is 6. The quantitative estimate of drug-likeness (QED) is 0.167. The van der Waals surface area contributed by atoms with E-state index in [1.165, 1.54) is 30.3 Å². The summed E-state index contributed by atoms with van der Waals surface area (Å²) in [4.78, 5) is 47.2. The minimum Gasteiger partial charge on any atom is -0.464 e. The molecule has 3 aromatic heterocycles. The fraction of sp³-hybridized carbons (Fsp3) is 0.471. The minimum absolute atomic E-state index is 0.121. The maximum absolute atomic E-state index is 11.9. The summed E-state index contributed by atoms with van der Waals surface area (Å²) in [5.74, 6) is -3.16. The van der Waals surface area contributed by atoms with Crippen molar-refractivity contribution in [3.05, 3.63) is 30.3 Å². The molecule has 0 saturated carbocycles. The molecule has 0 spiro atoms. The number of aliphatic hydroxyl groups excluding tert-OH is 2. The van der Waals surface area contributed by atoms with Crippen molar-refractivity contribution in [2.75, 3.05) is 13.2 Å². The van der Waals surface area contributed by atoms with Gasteiger partial charge in [0, 0.05) is 12.4 Å². The molecule has 3 aromatic rings. The molecule has 184 valence electrons. The molecule has 17 heteroatoms. The predicted molar refractivity (Wildman–Crippen MR) is 112 cm³/mol. The topological polar surface area (TPSA) is 204 Å². The monoisotopic (exact) mass is 518 g/mol. The average molecular weight is 519 g/mol. The van der Waals surface area contributed by atoms with E-state index < -0.39 is 50.6 Å². The number of esters is 1. The fourth-order valence-corrected chi connectivity index (χ4v) is 4.21. The maximum atomic E-state index is 11.9. The largest absolute Gasteiger partial charge is 0.464 e. The molecular weight excluding hydrogens is 499 g/mol. The summed E-state index contributed by atoms with van der Waals surface area (Å²) in [7, 11) is -5.04. The van der Waals surface area contributed by atoms with Crippen molar-refractivity contribution in [2.24, 2.45) is 0 Å². The van der Waals surface area contributed by atoms with Crippen molar-refractivity contribution in [3.63, 3.8) is 0 Å². The van der Waals surface area contributed by atoms with Gasteiger partial charge in [-0.2, -0.15) is 9.97 Å². The lowest BCUT2D eigenvalue weighted by molar-refractivity contribution is -0.155. The highest BCUT2D eigenvalue weighted by Gasteiger charge is 2.46. The first-order valence-corrected chi connectivity index (χ1v) is 11.9. The molecule has 0 amide bonds. The number of aromatic nitrogens is 6. The number of imidazole rings is 2. The second kappa shape index (κ2) is 9.64. The van der Waals surface area contributed by atoms with Gasteiger partial charge in [0.05, 0.1) is 19.5 Å². The number of ether oxygens (including phenoxy) is 3. The lowest BCUT2D eigenvalue weighted by Gasteiger charge is -2.20. The second-order valence-corrected chi connectivity index (χ2v) is 9.17. The second-order valence-electron chi connectivity index (χ2n) is 7.18. The van der Waals surface area contributed by atoms with Crippen LogP contribution in [0.15, 0.2) is 25.0 Å². The van der Waals surface area contributed by atoms with Crippen LogP contribution in [0.25, 0.3) is 17.0 Å². The van der Waals surface area contributed by atoms with Crippen LogP contribution < -0.4 is 0 Å². The fourth-order valence-electron chi connectivity index (χ4n) is 3.43. The molecule has 1 saturated heterocycles. The third kappa shape index (κ3) is 4.69. The Bertz CT molecular complexity index is 1220. The van der Waals surface area contributed by atoms with Gasteiger partial charge in [0.15, 0.2) is 23.2 Å². The molecule has 1 aliphatic rings. The number of hydrogen-bond donors (Lipinski definition) is 4. The Kier molecular flexibility index (Phi) is 6.98. The SMILES string of the molecule is CCOC(=O)[C@H](OC[C@H]1O[C@@H](n2cnc3c(-n4ccnc4)nc(Cl)nc32)[C@H](O)[C@@H]1O)P(=O)(O)O. The van der Waals surface area contributed by atoms with Gasteiger partial charge < -0.3 is 34.2 Å². The molecule has 5 atom stereocenters. The Labute approximate surface area is 196 Å². The van der Waals surface area contributed by atoms with Crippen LogP contribution >= 0.6 is 19.2 Å². The van der Waals surface area contributed by atoms with E-state index in [1.54, 1.807) is 10.8 Å². The van der Waals surface area contributed by atoms with E-state index >= 15 is 0 Å². The molecule has 15 nitrogen and oxygen atoms in total. The Morgan fingerprint density at radius 1 is 1.29 bits per heavy atom. The first-order chi connectivity index (χ1) is 16.1. The summed E-state index contributed by atoms with van der Waals surface area (Å²) in [5.41, 5.74) is 0.484. The summed E-state index contributed by atoms with van der Waals surface area (Å²) in [6.45, 7) is 0.704. The molecular formula is C17H20ClN6O9P. The molecule has 0 aromatic carbocycles. The summed E-state index contributed by atoms with van der Waals surface area (Å²) in [6.07, 6.45) is 0.423. The van der Waals surface area contributed by atoms with Gasteiger partial charge in [0.25, 0.3) is 5.85 Å². The third-order valence-corrected chi connectivity index (χ3v) is 6.09. The molecule has 34 heavy (non-hydrogen) atoms. The zero-order valence-electron chi connectivity index (χ0n) is 17.4. The molecule has 0 aliphatic carbocycles. The van der Waals surface area contributed by atoms with Crippen LogP contribution in [0.2, 0.25) is 5.28 Å². The van der Waals surface area contributed by atoms with Crippen LogP contribution in [-0.2, 0) is 23.6 Å². The van der Waals surface area contributed by atoms with Crippen LogP contribution in [0.4, 0.5) is 0 Å². The van der Waals surface area contributed by atoms with E-state index in [-0.39, 0.29) is 17.5 Å². The van der Waals surface area contributed by atoms with Gasteiger partial charge in [-0.15, -0.1) is 0 Å². The summed E-state index contributed by atoms with van der Waals surface area (Å²) in [5, 5.41) is 20.9. The van der Waals surface area contributed by atoms with Crippen molar-refractivity contribution < 1.29 is 43.6 Å². The van der Waals surface area contributed by atoms with Crippen LogP contribution in [0.5, 0.6) is 0 Å². The highest BCUT2D eigenvalue weighted by Crippen LogP contribution is 2.43. The highest BCUT2D eigenvalue weighted by atomic mass is 35.5. The predicted octanol–water partition coefficient (Wildman–Crippen LogP) is -0.632. The summed E-state index contributed by atoms with van der Waals surface area (Å²) in [6, 6.07) is 0. The van der Waals surface area contributed by atoms with E-state index in [0.29, 0.717) is 11.3 Å². The zero-order valence-corrected chi connectivity index (χ0v) is 19.1. The molecule has 1 fully saturated rings. The number of carbonyl (C=O) groups is 1. The lowest BCUT2D eigenvalue weighted by atomic mass is 10.1.